The van der Waals surface area contributed by atoms with Crippen molar-refractivity contribution in [1.29, 1.82) is 0 Å². The molecule has 0 heterocycles. The van der Waals surface area contributed by atoms with Crippen LogP contribution in [-0.4, -0.2) is 17.3 Å². The third kappa shape index (κ3) is 3.97. The predicted molar refractivity (Wildman–Crippen MR) is 74.2 cm³/mol. The fraction of sp³-hybridized carbons (Fsp3) is 0.929. The molecule has 17 heavy (non-hydrogen) atoms. The summed E-state index contributed by atoms with van der Waals surface area (Å²) in [7, 11) is 0. The van der Waals surface area contributed by atoms with E-state index in [2.05, 4.69) is 28.2 Å². The zero-order valence-corrected chi connectivity index (χ0v) is 12.3. The molecule has 0 aromatic heterocycles. The highest BCUT2D eigenvalue weighted by atomic mass is 79.9. The van der Waals surface area contributed by atoms with Gasteiger partial charge >= 0.3 is 0 Å². The van der Waals surface area contributed by atoms with E-state index in [4.69, 9.17) is 0 Å². The lowest BCUT2D eigenvalue weighted by Gasteiger charge is -2.25. The third-order valence-corrected chi connectivity index (χ3v) is 5.26. The molecule has 0 aromatic carbocycles. The van der Waals surface area contributed by atoms with Gasteiger partial charge in [0, 0.05) is 17.3 Å². The molecule has 2 aliphatic rings. The van der Waals surface area contributed by atoms with Crippen molar-refractivity contribution < 1.29 is 4.79 Å². The Bertz CT molecular complexity index is 261. The van der Waals surface area contributed by atoms with Gasteiger partial charge in [0.05, 0.1) is 0 Å². The first-order chi connectivity index (χ1) is 8.15. The quantitative estimate of drug-likeness (QED) is 0.794. The number of carbonyl (C=O) groups is 1. The van der Waals surface area contributed by atoms with Crippen LogP contribution in [0.2, 0.25) is 0 Å². The monoisotopic (exact) mass is 301 g/mol. The molecule has 2 rings (SSSR count). The number of amides is 1. The van der Waals surface area contributed by atoms with Gasteiger partial charge in [0.2, 0.25) is 5.91 Å². The van der Waals surface area contributed by atoms with E-state index >= 15 is 0 Å². The summed E-state index contributed by atoms with van der Waals surface area (Å²) in [6.45, 7) is 3.19. The number of halogens is 1. The summed E-state index contributed by atoms with van der Waals surface area (Å²) in [6.07, 6.45) is 8.40. The SMILES string of the molecule is CC1CCC(C(=O)NCC2CCC(Br)C2)CC1. The third-order valence-electron chi connectivity index (χ3n) is 4.43. The van der Waals surface area contributed by atoms with E-state index in [1.54, 1.807) is 0 Å². The normalized spacial score (nSPS) is 38.0. The molecular formula is C14H24BrNO. The van der Waals surface area contributed by atoms with Crippen LogP contribution in [0.15, 0.2) is 0 Å². The molecule has 98 valence electrons. The average molecular weight is 302 g/mol. The van der Waals surface area contributed by atoms with E-state index in [9.17, 15) is 4.79 Å². The van der Waals surface area contributed by atoms with E-state index < -0.39 is 0 Å². The molecule has 2 unspecified atom stereocenters. The van der Waals surface area contributed by atoms with Crippen molar-refractivity contribution in [3.8, 4) is 0 Å². The van der Waals surface area contributed by atoms with Crippen molar-refractivity contribution in [2.45, 2.75) is 56.7 Å². The van der Waals surface area contributed by atoms with E-state index in [1.165, 1.54) is 32.1 Å². The van der Waals surface area contributed by atoms with Crippen molar-refractivity contribution in [2.75, 3.05) is 6.54 Å². The number of alkyl halides is 1. The summed E-state index contributed by atoms with van der Waals surface area (Å²) in [4.78, 5) is 12.7. The van der Waals surface area contributed by atoms with Gasteiger partial charge in [-0.15, -0.1) is 0 Å². The van der Waals surface area contributed by atoms with Gasteiger partial charge in [-0.1, -0.05) is 22.9 Å². The first kappa shape index (κ1) is 13.4. The van der Waals surface area contributed by atoms with Gasteiger partial charge in [0.1, 0.15) is 0 Å². The van der Waals surface area contributed by atoms with Crippen molar-refractivity contribution >= 4 is 21.8 Å². The lowest BCUT2D eigenvalue weighted by Crippen LogP contribution is -2.35. The van der Waals surface area contributed by atoms with Crippen molar-refractivity contribution in [1.82, 2.24) is 5.32 Å². The Morgan fingerprint density at radius 2 is 1.88 bits per heavy atom. The van der Waals surface area contributed by atoms with Gasteiger partial charge < -0.3 is 5.32 Å². The molecule has 0 radical (unpaired) electrons. The number of hydrogen-bond acceptors (Lipinski definition) is 1. The first-order valence-corrected chi connectivity index (χ1v) is 7.98. The molecule has 0 aromatic rings. The Morgan fingerprint density at radius 1 is 1.18 bits per heavy atom. The average Bonchev–Trinajstić information content (AvgIpc) is 2.73. The molecule has 2 nitrogen and oxygen atoms in total. The Kier molecular flexibility index (Phi) is 4.89. The van der Waals surface area contributed by atoms with Crippen LogP contribution in [-0.2, 0) is 4.79 Å². The molecule has 2 saturated carbocycles. The van der Waals surface area contributed by atoms with E-state index in [1.807, 2.05) is 0 Å². The largest absolute Gasteiger partial charge is 0.356 e. The molecule has 0 saturated heterocycles. The van der Waals surface area contributed by atoms with Gasteiger partial charge in [-0.2, -0.15) is 0 Å². The summed E-state index contributed by atoms with van der Waals surface area (Å²) in [6, 6.07) is 0. The van der Waals surface area contributed by atoms with Crippen LogP contribution in [0.5, 0.6) is 0 Å². The lowest BCUT2D eigenvalue weighted by atomic mass is 9.82. The summed E-state index contributed by atoms with van der Waals surface area (Å²) in [5.74, 6) is 2.14. The Hall–Kier alpha value is -0.0500. The van der Waals surface area contributed by atoms with Gasteiger partial charge in [-0.05, 0) is 56.8 Å². The number of rotatable bonds is 3. The van der Waals surface area contributed by atoms with Crippen LogP contribution in [0.25, 0.3) is 0 Å². The summed E-state index contributed by atoms with van der Waals surface area (Å²) in [5, 5.41) is 3.17. The zero-order valence-electron chi connectivity index (χ0n) is 10.8. The molecule has 1 N–H and O–H groups in total. The van der Waals surface area contributed by atoms with Gasteiger partial charge in [0.15, 0.2) is 0 Å². The smallest absolute Gasteiger partial charge is 0.223 e. The number of nitrogens with one attached hydrogen (secondary N) is 1. The van der Waals surface area contributed by atoms with Crippen LogP contribution < -0.4 is 5.32 Å². The first-order valence-electron chi connectivity index (χ1n) is 7.07. The molecule has 0 spiro atoms. The second-order valence-corrected chi connectivity index (χ2v) is 7.27. The molecule has 0 bridgehead atoms. The maximum absolute atomic E-state index is 12.0. The van der Waals surface area contributed by atoms with E-state index in [-0.39, 0.29) is 0 Å². The summed E-state index contributed by atoms with van der Waals surface area (Å²) < 4.78 is 0. The fourth-order valence-electron chi connectivity index (χ4n) is 3.11. The predicted octanol–water partition coefficient (Wildman–Crippen LogP) is 3.49. The molecule has 2 atom stereocenters. The minimum absolute atomic E-state index is 0.298. The lowest BCUT2D eigenvalue weighted by molar-refractivity contribution is -0.126. The fourth-order valence-corrected chi connectivity index (χ4v) is 3.90. The standard InChI is InChI=1S/C14H24BrNO/c1-10-2-5-12(6-3-10)14(17)16-9-11-4-7-13(15)8-11/h10-13H,2-9H2,1H3,(H,16,17). The summed E-state index contributed by atoms with van der Waals surface area (Å²) in [5.41, 5.74) is 0. The van der Waals surface area contributed by atoms with Crippen LogP contribution in [0.3, 0.4) is 0 Å². The molecule has 1 amide bonds. The second-order valence-electron chi connectivity index (χ2n) is 5.98. The molecule has 3 heteroatoms. The van der Waals surface area contributed by atoms with Crippen LogP contribution in [0, 0.1) is 17.8 Å². The molecule has 0 aliphatic heterocycles. The summed E-state index contributed by atoms with van der Waals surface area (Å²) >= 11 is 3.66. The van der Waals surface area contributed by atoms with E-state index in [0.717, 1.165) is 25.3 Å². The number of hydrogen-bond donors (Lipinski definition) is 1. The Morgan fingerprint density at radius 3 is 2.47 bits per heavy atom. The second kappa shape index (κ2) is 6.21. The zero-order chi connectivity index (χ0) is 12.3. The Labute approximate surface area is 113 Å². The van der Waals surface area contributed by atoms with Gasteiger partial charge in [-0.3, -0.25) is 4.79 Å². The van der Waals surface area contributed by atoms with Crippen molar-refractivity contribution in [3.63, 3.8) is 0 Å². The minimum atomic E-state index is 0.298. The van der Waals surface area contributed by atoms with Crippen LogP contribution in [0.4, 0.5) is 0 Å². The maximum Gasteiger partial charge on any atom is 0.223 e. The maximum atomic E-state index is 12.0. The number of carbonyl (C=O) groups excluding carboxylic acids is 1. The van der Waals surface area contributed by atoms with Gasteiger partial charge in [-0.25, -0.2) is 0 Å². The highest BCUT2D eigenvalue weighted by Crippen LogP contribution is 2.31. The highest BCUT2D eigenvalue weighted by molar-refractivity contribution is 9.09. The van der Waals surface area contributed by atoms with Crippen LogP contribution >= 0.6 is 15.9 Å². The highest BCUT2D eigenvalue weighted by Gasteiger charge is 2.26. The van der Waals surface area contributed by atoms with Crippen molar-refractivity contribution in [2.24, 2.45) is 17.8 Å². The Balaban J connectivity index is 1.67. The van der Waals surface area contributed by atoms with Gasteiger partial charge in [0.25, 0.3) is 0 Å². The molecule has 2 fully saturated rings. The van der Waals surface area contributed by atoms with E-state index in [0.29, 0.717) is 22.6 Å². The van der Waals surface area contributed by atoms with Crippen LogP contribution in [0.1, 0.15) is 51.9 Å². The van der Waals surface area contributed by atoms with Crippen molar-refractivity contribution in [3.05, 3.63) is 0 Å². The minimum Gasteiger partial charge on any atom is -0.356 e. The molecular weight excluding hydrogens is 278 g/mol. The molecule has 2 aliphatic carbocycles. The topological polar surface area (TPSA) is 29.1 Å².